The Morgan fingerprint density at radius 2 is 1.59 bits per heavy atom. The molecule has 0 atom stereocenters. The Kier molecular flexibility index (Phi) is 6.06. The van der Waals surface area contributed by atoms with Crippen LogP contribution in [0.5, 0.6) is 0 Å². The number of hydrogen-bond donors (Lipinski definition) is 1. The van der Waals surface area contributed by atoms with Crippen molar-refractivity contribution in [2.24, 2.45) is 5.10 Å². The van der Waals surface area contributed by atoms with Crippen molar-refractivity contribution in [1.29, 1.82) is 0 Å². The van der Waals surface area contributed by atoms with Crippen molar-refractivity contribution in [3.8, 4) is 0 Å². The highest BCUT2D eigenvalue weighted by molar-refractivity contribution is 6.35. The molecular formula is C19H12Cl2N4O4. The SMILES string of the molecule is O=[N+]([O-])c1ccc(N/N=C(/c2ccc(Cl)cc2)c2ccccc2Cl)c([N+](=O)[O-])c1. The molecule has 0 heterocycles. The van der Waals surface area contributed by atoms with Crippen molar-refractivity contribution in [2.75, 3.05) is 5.43 Å². The lowest BCUT2D eigenvalue weighted by molar-refractivity contribution is -0.393. The quantitative estimate of drug-likeness (QED) is 0.307. The van der Waals surface area contributed by atoms with Crippen LogP contribution >= 0.6 is 23.2 Å². The second kappa shape index (κ2) is 8.68. The van der Waals surface area contributed by atoms with Gasteiger partial charge in [0.15, 0.2) is 0 Å². The highest BCUT2D eigenvalue weighted by Gasteiger charge is 2.20. The molecule has 3 aromatic carbocycles. The molecular weight excluding hydrogens is 419 g/mol. The first-order valence-corrected chi connectivity index (χ1v) is 8.90. The number of nitro benzene ring substituents is 2. The second-order valence-corrected chi connectivity index (χ2v) is 6.62. The molecule has 10 heteroatoms. The number of nitrogens with one attached hydrogen (secondary N) is 1. The molecule has 0 amide bonds. The number of nitrogens with zero attached hydrogens (tertiary/aromatic N) is 3. The summed E-state index contributed by atoms with van der Waals surface area (Å²) in [6, 6.07) is 17.1. The minimum Gasteiger partial charge on any atom is -0.271 e. The third kappa shape index (κ3) is 4.68. The first-order chi connectivity index (χ1) is 13.9. The molecule has 0 spiro atoms. The molecule has 0 radical (unpaired) electrons. The number of hydrogen-bond acceptors (Lipinski definition) is 6. The molecule has 3 aromatic rings. The number of rotatable bonds is 6. The number of non-ortho nitro benzene ring substituents is 1. The van der Waals surface area contributed by atoms with Crippen LogP contribution in [0.25, 0.3) is 0 Å². The Labute approximate surface area is 174 Å². The Balaban J connectivity index is 2.08. The van der Waals surface area contributed by atoms with Crippen LogP contribution in [0.3, 0.4) is 0 Å². The van der Waals surface area contributed by atoms with E-state index in [-0.39, 0.29) is 5.69 Å². The first-order valence-electron chi connectivity index (χ1n) is 8.14. The minimum atomic E-state index is -0.720. The summed E-state index contributed by atoms with van der Waals surface area (Å²) in [7, 11) is 0. The monoisotopic (exact) mass is 430 g/mol. The van der Waals surface area contributed by atoms with Crippen LogP contribution in [-0.2, 0) is 0 Å². The normalized spacial score (nSPS) is 11.2. The van der Waals surface area contributed by atoms with E-state index in [1.54, 1.807) is 48.5 Å². The van der Waals surface area contributed by atoms with E-state index in [0.717, 1.165) is 12.1 Å². The number of nitro groups is 2. The summed E-state index contributed by atoms with van der Waals surface area (Å²) < 4.78 is 0. The topological polar surface area (TPSA) is 111 Å². The zero-order chi connectivity index (χ0) is 21.0. The number of anilines is 1. The molecule has 0 fully saturated rings. The van der Waals surface area contributed by atoms with Gasteiger partial charge in [-0.1, -0.05) is 53.5 Å². The van der Waals surface area contributed by atoms with Gasteiger partial charge in [0.1, 0.15) is 5.69 Å². The third-order valence-corrected chi connectivity index (χ3v) is 4.51. The summed E-state index contributed by atoms with van der Waals surface area (Å²) in [5, 5.41) is 27.5. The molecule has 0 saturated carbocycles. The van der Waals surface area contributed by atoms with Crippen LogP contribution in [-0.4, -0.2) is 15.6 Å². The van der Waals surface area contributed by atoms with Gasteiger partial charge in [-0.25, -0.2) is 0 Å². The van der Waals surface area contributed by atoms with Gasteiger partial charge in [0, 0.05) is 22.2 Å². The molecule has 0 aliphatic rings. The standard InChI is InChI=1S/C19H12Cl2N4O4/c20-13-7-5-12(6-8-13)19(15-3-1-2-4-16(15)21)23-22-17-10-9-14(24(26)27)11-18(17)25(28)29/h1-11,22H/b23-19-. The molecule has 0 bridgehead atoms. The number of halogens is 2. The minimum absolute atomic E-state index is 0.000817. The predicted octanol–water partition coefficient (Wildman–Crippen LogP) is 5.67. The van der Waals surface area contributed by atoms with Crippen LogP contribution < -0.4 is 5.43 Å². The lowest BCUT2D eigenvalue weighted by atomic mass is 10.0. The third-order valence-electron chi connectivity index (χ3n) is 3.92. The fourth-order valence-corrected chi connectivity index (χ4v) is 2.89. The number of hydrazone groups is 1. The molecule has 146 valence electrons. The van der Waals surface area contributed by atoms with Gasteiger partial charge >= 0.3 is 5.69 Å². The smallest absolute Gasteiger partial charge is 0.271 e. The van der Waals surface area contributed by atoms with Gasteiger partial charge in [-0.3, -0.25) is 25.7 Å². The summed E-state index contributed by atoms with van der Waals surface area (Å²) in [4.78, 5) is 20.8. The highest BCUT2D eigenvalue weighted by atomic mass is 35.5. The van der Waals surface area contributed by atoms with Gasteiger partial charge in [0.05, 0.1) is 26.6 Å². The molecule has 0 aromatic heterocycles. The summed E-state index contributed by atoms with van der Waals surface area (Å²) in [5.74, 6) is 0. The maximum Gasteiger partial charge on any atom is 0.301 e. The fourth-order valence-electron chi connectivity index (χ4n) is 2.54. The first kappa shape index (κ1) is 20.2. The molecule has 29 heavy (non-hydrogen) atoms. The van der Waals surface area contributed by atoms with Crippen molar-refractivity contribution in [1.82, 2.24) is 0 Å². The number of benzene rings is 3. The average molecular weight is 431 g/mol. The predicted molar refractivity (Wildman–Crippen MR) is 112 cm³/mol. The van der Waals surface area contributed by atoms with Gasteiger partial charge in [0.25, 0.3) is 5.69 Å². The van der Waals surface area contributed by atoms with Gasteiger partial charge in [-0.05, 0) is 24.3 Å². The van der Waals surface area contributed by atoms with Crippen molar-refractivity contribution in [3.63, 3.8) is 0 Å². The second-order valence-electron chi connectivity index (χ2n) is 5.77. The summed E-state index contributed by atoms with van der Waals surface area (Å²) >= 11 is 12.3. The highest BCUT2D eigenvalue weighted by Crippen LogP contribution is 2.29. The van der Waals surface area contributed by atoms with Crippen LogP contribution in [0.4, 0.5) is 17.1 Å². The van der Waals surface area contributed by atoms with Gasteiger partial charge in [-0.15, -0.1) is 0 Å². The zero-order valence-electron chi connectivity index (χ0n) is 14.6. The van der Waals surface area contributed by atoms with Crippen LogP contribution in [0.2, 0.25) is 10.0 Å². The van der Waals surface area contributed by atoms with E-state index in [1.807, 2.05) is 0 Å². The average Bonchev–Trinajstić information content (AvgIpc) is 2.70. The van der Waals surface area contributed by atoms with Gasteiger partial charge < -0.3 is 0 Å². The molecule has 0 unspecified atom stereocenters. The van der Waals surface area contributed by atoms with Crippen LogP contribution in [0.1, 0.15) is 11.1 Å². The Bertz CT molecular complexity index is 1120. The Hall–Kier alpha value is -3.49. The maximum absolute atomic E-state index is 11.3. The summed E-state index contributed by atoms with van der Waals surface area (Å²) in [5.41, 5.74) is 3.44. The molecule has 0 saturated heterocycles. The molecule has 8 nitrogen and oxygen atoms in total. The zero-order valence-corrected chi connectivity index (χ0v) is 16.1. The van der Waals surface area contributed by atoms with E-state index in [4.69, 9.17) is 23.2 Å². The van der Waals surface area contributed by atoms with Crippen LogP contribution in [0, 0.1) is 20.2 Å². The molecule has 3 rings (SSSR count). The largest absolute Gasteiger partial charge is 0.301 e. The molecule has 0 aliphatic carbocycles. The lowest BCUT2D eigenvalue weighted by Gasteiger charge is -2.10. The van der Waals surface area contributed by atoms with E-state index in [2.05, 4.69) is 10.5 Å². The van der Waals surface area contributed by atoms with E-state index in [9.17, 15) is 20.2 Å². The van der Waals surface area contributed by atoms with E-state index < -0.39 is 21.2 Å². The maximum atomic E-state index is 11.3. The van der Waals surface area contributed by atoms with E-state index >= 15 is 0 Å². The van der Waals surface area contributed by atoms with Crippen molar-refractivity contribution in [2.45, 2.75) is 0 Å². The van der Waals surface area contributed by atoms with E-state index in [1.165, 1.54) is 6.07 Å². The van der Waals surface area contributed by atoms with Crippen molar-refractivity contribution in [3.05, 3.63) is 108 Å². The molecule has 0 aliphatic heterocycles. The van der Waals surface area contributed by atoms with E-state index in [0.29, 0.717) is 26.9 Å². The lowest BCUT2D eigenvalue weighted by Crippen LogP contribution is -2.08. The molecule has 1 N–H and O–H groups in total. The fraction of sp³-hybridized carbons (Fsp3) is 0. The van der Waals surface area contributed by atoms with Gasteiger partial charge in [-0.2, -0.15) is 5.10 Å². The van der Waals surface area contributed by atoms with Crippen molar-refractivity contribution >= 4 is 46.0 Å². The Morgan fingerprint density at radius 1 is 0.897 bits per heavy atom. The van der Waals surface area contributed by atoms with Gasteiger partial charge in [0.2, 0.25) is 0 Å². The van der Waals surface area contributed by atoms with Crippen LogP contribution in [0.15, 0.2) is 71.8 Å². The summed E-state index contributed by atoms with van der Waals surface area (Å²) in [6.45, 7) is 0. The summed E-state index contributed by atoms with van der Waals surface area (Å²) in [6.07, 6.45) is 0. The Morgan fingerprint density at radius 3 is 2.21 bits per heavy atom. The van der Waals surface area contributed by atoms with Crippen molar-refractivity contribution < 1.29 is 9.85 Å².